The van der Waals surface area contributed by atoms with Gasteiger partial charge in [-0.2, -0.15) is 0 Å². The number of nitrogens with two attached hydrogens (primary N) is 1. The van der Waals surface area contributed by atoms with Crippen LogP contribution in [0.4, 0.5) is 4.79 Å². The van der Waals surface area contributed by atoms with E-state index in [0.717, 1.165) is 0 Å². The Hall–Kier alpha value is -5.88. The van der Waals surface area contributed by atoms with Gasteiger partial charge < -0.3 is 26.4 Å². The number of aliphatic imine (C=N–C) groups is 1. The van der Waals surface area contributed by atoms with E-state index in [2.05, 4.69) is 25.7 Å². The topological polar surface area (TPSA) is 253 Å². The zero-order valence-corrected chi connectivity index (χ0v) is 27.6. The van der Waals surface area contributed by atoms with Crippen molar-refractivity contribution in [2.75, 3.05) is 19.6 Å². The monoisotopic (exact) mass is 710 g/mol. The molecule has 0 spiro atoms. The van der Waals surface area contributed by atoms with Crippen LogP contribution in [0, 0.1) is 10.1 Å². The van der Waals surface area contributed by atoms with E-state index in [1.54, 1.807) is 84.3 Å². The van der Waals surface area contributed by atoms with Gasteiger partial charge in [0.15, 0.2) is 5.03 Å². The van der Waals surface area contributed by atoms with E-state index in [1.807, 2.05) is 0 Å². The lowest BCUT2D eigenvalue weighted by Crippen LogP contribution is -2.55. The predicted molar refractivity (Wildman–Crippen MR) is 181 cm³/mol. The number of rotatable bonds is 19. The lowest BCUT2D eigenvalue weighted by atomic mass is 10.0. The van der Waals surface area contributed by atoms with Crippen LogP contribution in [0.15, 0.2) is 101 Å². The molecule has 3 amide bonds. The van der Waals surface area contributed by atoms with E-state index < -0.39 is 56.8 Å². The molecular formula is C32H38N8O9S. The van der Waals surface area contributed by atoms with Gasteiger partial charge in [-0.25, -0.2) is 33.0 Å². The number of nitro groups is 1. The van der Waals surface area contributed by atoms with Gasteiger partial charge in [0.1, 0.15) is 18.7 Å². The number of ether oxygens (including phenoxy) is 1. The Bertz CT molecular complexity index is 1730. The summed E-state index contributed by atoms with van der Waals surface area (Å²) in [6.07, 6.45) is -0.957. The Kier molecular flexibility index (Phi) is 15.3. The molecule has 0 aliphatic heterocycles. The van der Waals surface area contributed by atoms with Crippen LogP contribution in [0.25, 0.3) is 0 Å². The molecule has 0 radical (unpaired) electrons. The molecule has 17 nitrogen and oxygen atoms in total. The fourth-order valence-corrected chi connectivity index (χ4v) is 5.47. The number of nitrogens with zero attached hydrogens (tertiary/aromatic N) is 2. The number of benzene rings is 3. The maximum absolute atomic E-state index is 13.6. The Balaban J connectivity index is 1.69. The van der Waals surface area contributed by atoms with Gasteiger partial charge in [-0.15, -0.1) is 0 Å². The molecule has 0 bridgehead atoms. The van der Waals surface area contributed by atoms with Crippen LogP contribution in [0.3, 0.4) is 0 Å². The molecule has 1 unspecified atom stereocenters. The smallest absolute Gasteiger partial charge is 0.408 e. The number of hydrogen-bond acceptors (Lipinski definition) is 10. The molecule has 0 aliphatic carbocycles. The second-order valence-corrected chi connectivity index (χ2v) is 12.4. The molecule has 2 atom stereocenters. The third-order valence-corrected chi connectivity index (χ3v) is 8.33. The fraction of sp³-hybridized carbons (Fsp3) is 0.281. The summed E-state index contributed by atoms with van der Waals surface area (Å²) in [7, 11) is -3.85. The van der Waals surface area contributed by atoms with Crippen molar-refractivity contribution in [1.29, 1.82) is 0 Å². The van der Waals surface area contributed by atoms with Gasteiger partial charge >= 0.3 is 6.09 Å². The van der Waals surface area contributed by atoms with E-state index in [4.69, 9.17) is 10.5 Å². The highest BCUT2D eigenvalue weighted by atomic mass is 32.2. The van der Waals surface area contributed by atoms with Crippen molar-refractivity contribution in [3.63, 3.8) is 0 Å². The lowest BCUT2D eigenvalue weighted by Gasteiger charge is -2.23. The number of Topliss-reactive ketones (excluding diaryl/α,β-unsaturated/α-hetero) is 1. The van der Waals surface area contributed by atoms with Gasteiger partial charge in [0.25, 0.3) is 11.9 Å². The molecule has 0 heterocycles. The van der Waals surface area contributed by atoms with Crippen LogP contribution in [-0.2, 0) is 42.2 Å². The van der Waals surface area contributed by atoms with Crippen LogP contribution in [0.2, 0.25) is 0 Å². The van der Waals surface area contributed by atoms with Crippen molar-refractivity contribution < 1.29 is 37.4 Å². The fourth-order valence-electron chi connectivity index (χ4n) is 4.42. The number of amides is 3. The maximum Gasteiger partial charge on any atom is 0.408 e. The van der Waals surface area contributed by atoms with Crippen LogP contribution in [0.1, 0.15) is 24.0 Å². The van der Waals surface area contributed by atoms with Crippen molar-refractivity contribution in [3.05, 3.63) is 112 Å². The van der Waals surface area contributed by atoms with E-state index in [1.165, 1.54) is 12.1 Å². The minimum Gasteiger partial charge on any atom is -0.445 e. The number of guanidine groups is 1. The van der Waals surface area contributed by atoms with Gasteiger partial charge in [-0.05, 0) is 36.1 Å². The zero-order chi connectivity index (χ0) is 36.4. The highest BCUT2D eigenvalue weighted by molar-refractivity contribution is 7.89. The SMILES string of the molecule is NC(=NCCCC(NC(=O)OCc1ccccc1)C(=O)N[C@@H](Cc1ccccc1)C(=O)C(=O)NCCNS(=O)(=O)c1ccccc1)N[N+](=O)[O-]. The predicted octanol–water partition coefficient (Wildman–Crippen LogP) is 0.549. The van der Waals surface area contributed by atoms with Gasteiger partial charge in [-0.1, -0.05) is 84.3 Å². The van der Waals surface area contributed by atoms with Crippen LogP contribution in [-0.4, -0.2) is 74.8 Å². The first kappa shape index (κ1) is 38.6. The molecule has 0 aliphatic rings. The Morgan fingerprint density at radius 1 is 0.840 bits per heavy atom. The van der Waals surface area contributed by atoms with E-state index >= 15 is 0 Å². The number of carbonyl (C=O) groups is 4. The Morgan fingerprint density at radius 2 is 1.44 bits per heavy atom. The summed E-state index contributed by atoms with van der Waals surface area (Å²) < 4.78 is 32.5. The van der Waals surface area contributed by atoms with E-state index in [0.29, 0.717) is 11.1 Å². The molecule has 0 saturated heterocycles. The first-order valence-electron chi connectivity index (χ1n) is 15.3. The van der Waals surface area contributed by atoms with E-state index in [9.17, 15) is 37.7 Å². The number of hydrazine groups is 1. The molecule has 3 aromatic carbocycles. The van der Waals surface area contributed by atoms with Crippen LogP contribution < -0.4 is 31.8 Å². The molecule has 266 valence electrons. The standard InChI is InChI=1S/C32H38N8O9S/c33-31(39-40(45)46)35-18-10-17-26(38-32(44)49-22-24-13-6-2-7-14-24)29(42)37-27(21-23-11-4-1-5-12-23)28(41)30(43)34-19-20-36-50(47,48)25-15-8-3-9-16-25/h1-9,11-16,26-27,36H,10,17-22H2,(H,34,43)(H,37,42)(H,38,44)(H3,33,35,39)/t26?,27-/m0/s1. The van der Waals surface area contributed by atoms with Crippen LogP contribution in [0.5, 0.6) is 0 Å². The summed E-state index contributed by atoms with van der Waals surface area (Å²) in [5.74, 6) is -3.36. The summed E-state index contributed by atoms with van der Waals surface area (Å²) in [4.78, 5) is 66.9. The van der Waals surface area contributed by atoms with Crippen molar-refractivity contribution in [2.45, 2.75) is 42.8 Å². The molecule has 0 saturated carbocycles. The molecule has 0 fully saturated rings. The molecule has 3 aromatic rings. The average Bonchev–Trinajstić information content (AvgIpc) is 3.10. The summed E-state index contributed by atoms with van der Waals surface area (Å²) in [5, 5.41) is 17.1. The quantitative estimate of drug-likeness (QED) is 0.0250. The summed E-state index contributed by atoms with van der Waals surface area (Å²) in [5.41, 5.74) is 8.44. The minimum atomic E-state index is -3.85. The third kappa shape index (κ3) is 13.7. The van der Waals surface area contributed by atoms with Gasteiger partial charge in [0, 0.05) is 26.1 Å². The molecule has 50 heavy (non-hydrogen) atoms. The average molecular weight is 711 g/mol. The van der Waals surface area contributed by atoms with E-state index in [-0.39, 0.29) is 50.4 Å². The van der Waals surface area contributed by atoms with Crippen molar-refractivity contribution in [1.82, 2.24) is 26.1 Å². The highest BCUT2D eigenvalue weighted by Gasteiger charge is 2.30. The van der Waals surface area contributed by atoms with Crippen molar-refractivity contribution >= 4 is 39.7 Å². The van der Waals surface area contributed by atoms with Gasteiger partial charge in [0.05, 0.1) is 4.90 Å². The molecule has 3 rings (SSSR count). The summed E-state index contributed by atoms with van der Waals surface area (Å²) in [6.45, 7) is -0.590. The second-order valence-electron chi connectivity index (χ2n) is 10.6. The number of sulfonamides is 1. The molecule has 0 aromatic heterocycles. The minimum absolute atomic E-state index is 0.0312. The summed E-state index contributed by atoms with van der Waals surface area (Å²) in [6, 6.07) is 22.3. The maximum atomic E-state index is 13.6. The third-order valence-electron chi connectivity index (χ3n) is 6.86. The Morgan fingerprint density at radius 3 is 2.06 bits per heavy atom. The number of ketones is 1. The lowest BCUT2D eigenvalue weighted by molar-refractivity contribution is -0.525. The zero-order valence-electron chi connectivity index (χ0n) is 26.8. The number of hydrogen-bond donors (Lipinski definition) is 6. The Labute approximate surface area is 288 Å². The molecule has 7 N–H and O–H groups in total. The van der Waals surface area contributed by atoms with Gasteiger partial charge in [0.2, 0.25) is 21.7 Å². The summed E-state index contributed by atoms with van der Waals surface area (Å²) >= 11 is 0. The van der Waals surface area contributed by atoms with Gasteiger partial charge in [-0.3, -0.25) is 14.4 Å². The highest BCUT2D eigenvalue weighted by Crippen LogP contribution is 2.09. The second kappa shape index (κ2) is 19.8. The van der Waals surface area contributed by atoms with Crippen molar-refractivity contribution in [2.24, 2.45) is 10.7 Å². The van der Waals surface area contributed by atoms with Crippen LogP contribution >= 0.6 is 0 Å². The number of nitrogens with one attached hydrogen (secondary N) is 5. The molecular weight excluding hydrogens is 672 g/mol. The number of alkyl carbamates (subject to hydrolysis) is 1. The first-order chi connectivity index (χ1) is 23.9. The normalized spacial score (nSPS) is 12.5. The number of carbonyl (C=O) groups excluding carboxylic acids is 4. The largest absolute Gasteiger partial charge is 0.445 e. The van der Waals surface area contributed by atoms with Crippen molar-refractivity contribution in [3.8, 4) is 0 Å². The molecule has 18 heteroatoms. The first-order valence-corrected chi connectivity index (χ1v) is 16.8.